The molecule has 188 valence electrons. The predicted molar refractivity (Wildman–Crippen MR) is 134 cm³/mol. The lowest BCUT2D eigenvalue weighted by atomic mass is 9.41. The van der Waals surface area contributed by atoms with Crippen LogP contribution in [0, 0.1) is 50.7 Å². The van der Waals surface area contributed by atoms with Gasteiger partial charge >= 0.3 is 0 Å². The third-order valence-electron chi connectivity index (χ3n) is 13.2. The Morgan fingerprint density at radius 3 is 2.33 bits per heavy atom. The second kappa shape index (κ2) is 7.56. The van der Waals surface area contributed by atoms with E-state index in [1.54, 1.807) is 0 Å². The second-order valence-corrected chi connectivity index (χ2v) is 14.5. The van der Waals surface area contributed by atoms with E-state index in [4.69, 9.17) is 0 Å². The van der Waals surface area contributed by atoms with Crippen molar-refractivity contribution in [2.75, 3.05) is 6.61 Å². The highest BCUT2D eigenvalue weighted by molar-refractivity contribution is 5.31. The van der Waals surface area contributed by atoms with Crippen LogP contribution in [-0.2, 0) is 0 Å². The van der Waals surface area contributed by atoms with Crippen molar-refractivity contribution in [3.8, 4) is 0 Å². The molecule has 0 radical (unpaired) electrons. The number of hydrogen-bond donors (Lipinski definition) is 3. The standard InChI is InChI=1S/C30H50O3/c1-19(17-31)8-7-9-20(2)21-12-13-28(6)24-11-10-23-26(3,4)25(33)22(32)16-30(23)18-29(24,30)15-14-27(21,28)5/h8,20-25,31-33H,7,9-18H2,1-6H3/b19-8-/t20-,21-,22-,23+,24+,25+,27-,28+,29+,30-/m1/s1. The molecule has 33 heavy (non-hydrogen) atoms. The molecule has 0 heterocycles. The van der Waals surface area contributed by atoms with Gasteiger partial charge in [-0.25, -0.2) is 0 Å². The Morgan fingerprint density at radius 2 is 1.64 bits per heavy atom. The van der Waals surface area contributed by atoms with Gasteiger partial charge in [-0.3, -0.25) is 0 Å². The number of rotatable bonds is 5. The molecule has 0 bridgehead atoms. The van der Waals surface area contributed by atoms with Gasteiger partial charge in [0.2, 0.25) is 0 Å². The first-order chi connectivity index (χ1) is 15.4. The molecule has 2 spiro atoms. The number of aliphatic hydroxyl groups is 3. The molecule has 0 aromatic carbocycles. The summed E-state index contributed by atoms with van der Waals surface area (Å²) in [4.78, 5) is 0. The summed E-state index contributed by atoms with van der Waals surface area (Å²) in [5.41, 5.74) is 2.43. The Bertz CT molecular complexity index is 817. The minimum Gasteiger partial charge on any atom is -0.392 e. The van der Waals surface area contributed by atoms with E-state index in [9.17, 15) is 15.3 Å². The first-order valence-corrected chi connectivity index (χ1v) is 14.0. The van der Waals surface area contributed by atoms with Gasteiger partial charge in [0.05, 0.1) is 18.8 Å². The minimum absolute atomic E-state index is 0.180. The van der Waals surface area contributed by atoms with Crippen molar-refractivity contribution in [2.45, 2.75) is 118 Å². The number of fused-ring (bicyclic) bond motifs is 2. The fraction of sp³-hybridized carbons (Fsp3) is 0.933. The Hall–Kier alpha value is -0.380. The Kier molecular flexibility index (Phi) is 5.57. The highest BCUT2D eigenvalue weighted by Gasteiger charge is 2.82. The molecule has 3 heteroatoms. The van der Waals surface area contributed by atoms with Gasteiger partial charge in [0.25, 0.3) is 0 Å². The van der Waals surface area contributed by atoms with Crippen molar-refractivity contribution >= 4 is 0 Å². The average Bonchev–Trinajstić information content (AvgIpc) is 3.33. The van der Waals surface area contributed by atoms with E-state index in [-0.39, 0.29) is 17.4 Å². The number of aliphatic hydroxyl groups excluding tert-OH is 3. The summed E-state index contributed by atoms with van der Waals surface area (Å²) in [6, 6.07) is 0. The summed E-state index contributed by atoms with van der Waals surface area (Å²) in [6.07, 6.45) is 13.5. The van der Waals surface area contributed by atoms with Gasteiger partial charge in [0, 0.05) is 0 Å². The van der Waals surface area contributed by atoms with Crippen LogP contribution in [0.3, 0.4) is 0 Å². The van der Waals surface area contributed by atoms with Crippen molar-refractivity contribution in [3.05, 3.63) is 11.6 Å². The van der Waals surface area contributed by atoms with E-state index in [0.29, 0.717) is 22.2 Å². The predicted octanol–water partition coefficient (Wildman–Crippen LogP) is 6.11. The van der Waals surface area contributed by atoms with E-state index in [1.165, 1.54) is 51.4 Å². The molecule has 0 amide bonds. The Morgan fingerprint density at radius 1 is 0.939 bits per heavy atom. The molecule has 5 aliphatic carbocycles. The maximum Gasteiger partial charge on any atom is 0.0852 e. The summed E-state index contributed by atoms with van der Waals surface area (Å²) >= 11 is 0. The number of hydrogen-bond acceptors (Lipinski definition) is 3. The lowest BCUT2D eigenvalue weighted by Crippen LogP contribution is -2.60. The van der Waals surface area contributed by atoms with Crippen LogP contribution < -0.4 is 0 Å². The van der Waals surface area contributed by atoms with E-state index in [2.05, 4.69) is 40.7 Å². The quantitative estimate of drug-likeness (QED) is 0.435. The molecule has 10 atom stereocenters. The summed E-state index contributed by atoms with van der Waals surface area (Å²) in [5, 5.41) is 31.1. The van der Waals surface area contributed by atoms with Crippen molar-refractivity contribution in [2.24, 2.45) is 50.7 Å². The molecule has 0 aromatic rings. The Labute approximate surface area is 202 Å². The monoisotopic (exact) mass is 458 g/mol. The molecule has 5 aliphatic rings. The zero-order valence-corrected chi connectivity index (χ0v) is 22.2. The zero-order valence-electron chi connectivity index (χ0n) is 22.2. The van der Waals surface area contributed by atoms with Crippen LogP contribution in [0.15, 0.2) is 11.6 Å². The van der Waals surface area contributed by atoms with E-state index < -0.39 is 12.2 Å². The van der Waals surface area contributed by atoms with Gasteiger partial charge in [-0.2, -0.15) is 0 Å². The van der Waals surface area contributed by atoms with Crippen molar-refractivity contribution in [3.63, 3.8) is 0 Å². The van der Waals surface area contributed by atoms with Gasteiger partial charge in [-0.05, 0) is 122 Å². The molecule has 0 saturated heterocycles. The molecule has 0 aliphatic heterocycles. The van der Waals surface area contributed by atoms with Crippen LogP contribution in [0.1, 0.15) is 106 Å². The first-order valence-electron chi connectivity index (χ1n) is 14.0. The molecule has 0 unspecified atom stereocenters. The molecular formula is C30H50O3. The third kappa shape index (κ3) is 2.97. The summed E-state index contributed by atoms with van der Waals surface area (Å²) < 4.78 is 0. The average molecular weight is 459 g/mol. The molecule has 3 N–H and O–H groups in total. The van der Waals surface area contributed by atoms with Crippen LogP contribution in [0.4, 0.5) is 0 Å². The highest BCUT2D eigenvalue weighted by Crippen LogP contribution is 2.89. The largest absolute Gasteiger partial charge is 0.392 e. The zero-order chi connectivity index (χ0) is 24.0. The van der Waals surface area contributed by atoms with Gasteiger partial charge in [0.15, 0.2) is 0 Å². The first kappa shape index (κ1) is 24.3. The normalized spacial score (nSPS) is 53.5. The van der Waals surface area contributed by atoms with E-state index in [0.717, 1.165) is 36.2 Å². The van der Waals surface area contributed by atoms with Crippen molar-refractivity contribution in [1.29, 1.82) is 0 Å². The highest BCUT2D eigenvalue weighted by atomic mass is 16.3. The smallest absolute Gasteiger partial charge is 0.0852 e. The van der Waals surface area contributed by atoms with Crippen molar-refractivity contribution in [1.82, 2.24) is 0 Å². The van der Waals surface area contributed by atoms with Crippen LogP contribution in [0.2, 0.25) is 0 Å². The van der Waals surface area contributed by atoms with Crippen LogP contribution in [0.25, 0.3) is 0 Å². The van der Waals surface area contributed by atoms with E-state index >= 15 is 0 Å². The second-order valence-electron chi connectivity index (χ2n) is 14.5. The van der Waals surface area contributed by atoms with Gasteiger partial charge in [0.1, 0.15) is 0 Å². The molecule has 0 aromatic heterocycles. The maximum atomic E-state index is 10.9. The maximum absolute atomic E-state index is 10.9. The number of allylic oxidation sites excluding steroid dienone is 1. The molecule has 5 saturated carbocycles. The lowest BCUT2D eigenvalue weighted by Gasteiger charge is -2.63. The fourth-order valence-electron chi connectivity index (χ4n) is 11.3. The summed E-state index contributed by atoms with van der Waals surface area (Å²) in [6.45, 7) is 14.5. The SMILES string of the molecule is C/C(=C/CC[C@@H](C)[C@H]1CC[C@@]2(C)[C@@H]3CC[C@H]4C(C)(C)[C@@H](O)[C@H](O)C[C@@]45C[C@@]35CC[C@]12C)CO. The fourth-order valence-corrected chi connectivity index (χ4v) is 11.3. The van der Waals surface area contributed by atoms with Crippen LogP contribution >= 0.6 is 0 Å². The van der Waals surface area contributed by atoms with E-state index in [1.807, 2.05) is 6.92 Å². The lowest BCUT2D eigenvalue weighted by molar-refractivity contribution is -0.191. The van der Waals surface area contributed by atoms with Gasteiger partial charge < -0.3 is 15.3 Å². The topological polar surface area (TPSA) is 60.7 Å². The minimum atomic E-state index is -0.577. The summed E-state index contributed by atoms with van der Waals surface area (Å²) in [7, 11) is 0. The third-order valence-corrected chi connectivity index (χ3v) is 13.2. The Balaban J connectivity index is 1.40. The van der Waals surface area contributed by atoms with Crippen molar-refractivity contribution < 1.29 is 15.3 Å². The molecule has 3 nitrogen and oxygen atoms in total. The molecular weight excluding hydrogens is 408 g/mol. The molecule has 5 rings (SSSR count). The van der Waals surface area contributed by atoms with Gasteiger partial charge in [-0.15, -0.1) is 0 Å². The van der Waals surface area contributed by atoms with Crippen LogP contribution in [0.5, 0.6) is 0 Å². The summed E-state index contributed by atoms with van der Waals surface area (Å²) in [5.74, 6) is 2.87. The van der Waals surface area contributed by atoms with Crippen LogP contribution in [-0.4, -0.2) is 34.1 Å². The van der Waals surface area contributed by atoms with Gasteiger partial charge in [-0.1, -0.05) is 46.3 Å². The molecule has 5 fully saturated rings.